The van der Waals surface area contributed by atoms with E-state index in [2.05, 4.69) is 10.3 Å². The predicted molar refractivity (Wildman–Crippen MR) is 83.1 cm³/mol. The first kappa shape index (κ1) is 16.0. The summed E-state index contributed by atoms with van der Waals surface area (Å²) in [5.74, 6) is -1.05. The molecule has 1 aliphatic rings. The number of anilines is 1. The van der Waals surface area contributed by atoms with Gasteiger partial charge < -0.3 is 15.2 Å². The minimum Gasteiger partial charge on any atom is -0.393 e. The molecule has 1 amide bonds. The molecule has 0 fully saturated rings. The SMILES string of the molecule is O=C(Nc1ccn([C@@H]2O[C@H](CO)C=C2F)c(=O)n1)c1ccccc1. The van der Waals surface area contributed by atoms with Gasteiger partial charge >= 0.3 is 5.69 Å². The van der Waals surface area contributed by atoms with Gasteiger partial charge in [0.2, 0.25) is 0 Å². The standard InChI is InChI=1S/C16H14FN3O4/c17-12-8-11(9-21)24-15(12)20-7-6-13(19-16(20)23)18-14(22)10-4-2-1-3-5-10/h1-8,11,15,21H,9H2,(H,18,19,22,23)/t11-,15+/m0/s1. The van der Waals surface area contributed by atoms with Crippen LogP contribution in [0, 0.1) is 0 Å². The predicted octanol–water partition coefficient (Wildman–Crippen LogP) is 1.24. The molecule has 0 saturated heterocycles. The summed E-state index contributed by atoms with van der Waals surface area (Å²) >= 11 is 0. The Hall–Kier alpha value is -2.84. The monoisotopic (exact) mass is 331 g/mol. The van der Waals surface area contributed by atoms with Gasteiger partial charge in [-0.15, -0.1) is 0 Å². The van der Waals surface area contributed by atoms with Crippen LogP contribution in [0.3, 0.4) is 0 Å². The van der Waals surface area contributed by atoms with Crippen LogP contribution in [0.2, 0.25) is 0 Å². The highest BCUT2D eigenvalue weighted by Crippen LogP contribution is 2.28. The third-order valence-electron chi connectivity index (χ3n) is 3.42. The molecule has 24 heavy (non-hydrogen) atoms. The van der Waals surface area contributed by atoms with Crippen LogP contribution in [-0.2, 0) is 4.74 Å². The van der Waals surface area contributed by atoms with Crippen molar-refractivity contribution in [1.82, 2.24) is 9.55 Å². The molecular formula is C16H14FN3O4. The molecule has 8 heteroatoms. The number of aromatic nitrogens is 2. The van der Waals surface area contributed by atoms with Crippen LogP contribution in [0.25, 0.3) is 0 Å². The number of amides is 1. The first-order valence-corrected chi connectivity index (χ1v) is 7.17. The summed E-state index contributed by atoms with van der Waals surface area (Å²) in [7, 11) is 0. The molecular weight excluding hydrogens is 317 g/mol. The summed E-state index contributed by atoms with van der Waals surface area (Å²) < 4.78 is 19.9. The van der Waals surface area contributed by atoms with Crippen molar-refractivity contribution in [1.29, 1.82) is 0 Å². The molecule has 1 aromatic carbocycles. The van der Waals surface area contributed by atoms with E-state index in [1.807, 2.05) is 0 Å². The summed E-state index contributed by atoms with van der Waals surface area (Å²) in [5, 5.41) is 11.5. The van der Waals surface area contributed by atoms with Crippen molar-refractivity contribution in [2.24, 2.45) is 0 Å². The van der Waals surface area contributed by atoms with Gasteiger partial charge in [0.25, 0.3) is 5.91 Å². The highest BCUT2D eigenvalue weighted by atomic mass is 19.1. The van der Waals surface area contributed by atoms with Crippen molar-refractivity contribution in [3.8, 4) is 0 Å². The average molecular weight is 331 g/mol. The molecule has 0 unspecified atom stereocenters. The Morgan fingerprint density at radius 3 is 2.71 bits per heavy atom. The Morgan fingerprint density at radius 1 is 1.33 bits per heavy atom. The Bertz CT molecular complexity index is 835. The number of hydrogen-bond donors (Lipinski definition) is 2. The quantitative estimate of drug-likeness (QED) is 0.879. The number of halogens is 1. The van der Waals surface area contributed by atoms with Crippen LogP contribution in [0.4, 0.5) is 10.2 Å². The van der Waals surface area contributed by atoms with E-state index in [0.29, 0.717) is 5.56 Å². The molecule has 0 radical (unpaired) electrons. The minimum absolute atomic E-state index is 0.0474. The highest BCUT2D eigenvalue weighted by Gasteiger charge is 2.29. The maximum absolute atomic E-state index is 13.8. The summed E-state index contributed by atoms with van der Waals surface area (Å²) in [6.45, 7) is -0.392. The fourth-order valence-electron chi connectivity index (χ4n) is 2.26. The molecule has 1 aliphatic heterocycles. The number of ether oxygens (including phenoxy) is 1. The van der Waals surface area contributed by atoms with Crippen molar-refractivity contribution in [2.75, 3.05) is 11.9 Å². The van der Waals surface area contributed by atoms with E-state index in [-0.39, 0.29) is 5.82 Å². The molecule has 0 bridgehead atoms. The number of nitrogens with zero attached hydrogens (tertiary/aromatic N) is 2. The third kappa shape index (κ3) is 3.24. The maximum atomic E-state index is 13.8. The van der Waals surface area contributed by atoms with Gasteiger partial charge in [0.05, 0.1) is 6.61 Å². The number of hydrogen-bond acceptors (Lipinski definition) is 5. The van der Waals surface area contributed by atoms with Crippen LogP contribution in [0.15, 0.2) is 59.3 Å². The van der Waals surface area contributed by atoms with Gasteiger partial charge in [-0.3, -0.25) is 9.36 Å². The van der Waals surface area contributed by atoms with Crippen molar-refractivity contribution in [2.45, 2.75) is 12.3 Å². The van der Waals surface area contributed by atoms with Crippen LogP contribution >= 0.6 is 0 Å². The van der Waals surface area contributed by atoms with Crippen LogP contribution < -0.4 is 11.0 Å². The van der Waals surface area contributed by atoms with E-state index >= 15 is 0 Å². The number of carbonyl (C=O) groups excluding carboxylic acids is 1. The van der Waals surface area contributed by atoms with Gasteiger partial charge in [0, 0.05) is 11.8 Å². The van der Waals surface area contributed by atoms with Gasteiger partial charge in [-0.1, -0.05) is 18.2 Å². The normalized spacial score (nSPS) is 19.8. The van der Waals surface area contributed by atoms with Crippen LogP contribution in [0.1, 0.15) is 16.6 Å². The van der Waals surface area contributed by atoms with Crippen molar-refractivity contribution in [3.63, 3.8) is 0 Å². The van der Waals surface area contributed by atoms with Gasteiger partial charge in [-0.05, 0) is 24.3 Å². The van der Waals surface area contributed by atoms with Gasteiger partial charge in [0.1, 0.15) is 17.7 Å². The summed E-state index contributed by atoms with van der Waals surface area (Å²) in [5.41, 5.74) is -0.365. The number of rotatable bonds is 4. The molecule has 1 aromatic heterocycles. The third-order valence-corrected chi connectivity index (χ3v) is 3.42. The Kier molecular flexibility index (Phi) is 4.50. The van der Waals surface area contributed by atoms with Gasteiger partial charge in [0.15, 0.2) is 6.23 Å². The molecule has 7 nitrogen and oxygen atoms in total. The van der Waals surface area contributed by atoms with Crippen LogP contribution in [0.5, 0.6) is 0 Å². The molecule has 2 heterocycles. The van der Waals surface area contributed by atoms with Crippen molar-refractivity contribution < 1.29 is 19.0 Å². The Balaban J connectivity index is 1.77. The van der Waals surface area contributed by atoms with E-state index in [1.54, 1.807) is 30.3 Å². The van der Waals surface area contributed by atoms with E-state index < -0.39 is 36.4 Å². The number of nitrogens with one attached hydrogen (secondary N) is 1. The zero-order valence-electron chi connectivity index (χ0n) is 12.4. The van der Waals surface area contributed by atoms with Gasteiger partial charge in [-0.2, -0.15) is 4.98 Å². The van der Waals surface area contributed by atoms with Gasteiger partial charge in [-0.25, -0.2) is 9.18 Å². The Morgan fingerprint density at radius 2 is 2.08 bits per heavy atom. The smallest absolute Gasteiger partial charge is 0.351 e. The fourth-order valence-corrected chi connectivity index (χ4v) is 2.26. The molecule has 2 atom stereocenters. The summed E-state index contributed by atoms with van der Waals surface area (Å²) in [6.07, 6.45) is 0.302. The first-order chi connectivity index (χ1) is 11.6. The number of aliphatic hydroxyl groups is 1. The number of carbonyl (C=O) groups is 1. The lowest BCUT2D eigenvalue weighted by Gasteiger charge is -2.15. The Labute approximate surface area is 136 Å². The van der Waals surface area contributed by atoms with E-state index in [9.17, 15) is 14.0 Å². The molecule has 3 rings (SSSR count). The van der Waals surface area contributed by atoms with E-state index in [1.165, 1.54) is 12.3 Å². The van der Waals surface area contributed by atoms with Crippen LogP contribution in [-0.4, -0.2) is 33.3 Å². The minimum atomic E-state index is -1.26. The maximum Gasteiger partial charge on any atom is 0.351 e. The summed E-state index contributed by atoms with van der Waals surface area (Å²) in [4.78, 5) is 27.8. The van der Waals surface area contributed by atoms with E-state index in [4.69, 9.17) is 9.84 Å². The number of aliphatic hydroxyl groups excluding tert-OH is 1. The van der Waals surface area contributed by atoms with Crippen molar-refractivity contribution >= 4 is 11.7 Å². The second-order valence-corrected chi connectivity index (χ2v) is 5.08. The molecule has 124 valence electrons. The number of benzene rings is 1. The highest BCUT2D eigenvalue weighted by molar-refractivity contribution is 6.03. The fraction of sp³-hybridized carbons (Fsp3) is 0.188. The second-order valence-electron chi connectivity index (χ2n) is 5.08. The largest absolute Gasteiger partial charge is 0.393 e. The second kappa shape index (κ2) is 6.73. The molecule has 0 spiro atoms. The average Bonchev–Trinajstić information content (AvgIpc) is 2.96. The van der Waals surface area contributed by atoms with Crippen molar-refractivity contribution in [3.05, 3.63) is 70.5 Å². The molecule has 0 aliphatic carbocycles. The first-order valence-electron chi connectivity index (χ1n) is 7.17. The lowest BCUT2D eigenvalue weighted by Crippen LogP contribution is -2.29. The molecule has 2 N–H and O–H groups in total. The lowest BCUT2D eigenvalue weighted by molar-refractivity contribution is -0.0213. The molecule has 0 saturated carbocycles. The molecule has 2 aromatic rings. The van der Waals surface area contributed by atoms with E-state index in [0.717, 1.165) is 10.6 Å². The zero-order chi connectivity index (χ0) is 17.1. The topological polar surface area (TPSA) is 93.5 Å². The lowest BCUT2D eigenvalue weighted by atomic mass is 10.2. The summed E-state index contributed by atoms with van der Waals surface area (Å²) in [6, 6.07) is 9.82. The zero-order valence-corrected chi connectivity index (χ0v) is 12.4.